The van der Waals surface area contributed by atoms with Crippen LogP contribution in [0.4, 0.5) is 18.9 Å². The number of carbonyl (C=O) groups excluding carboxylic acids is 2. The van der Waals surface area contributed by atoms with Gasteiger partial charge in [0.15, 0.2) is 0 Å². The van der Waals surface area contributed by atoms with Gasteiger partial charge in [-0.15, -0.1) is 0 Å². The van der Waals surface area contributed by atoms with Gasteiger partial charge in [-0.3, -0.25) is 13.9 Å². The van der Waals surface area contributed by atoms with Gasteiger partial charge in [0, 0.05) is 22.6 Å². The second-order valence-corrected chi connectivity index (χ2v) is 12.0. The molecule has 0 unspecified atom stereocenters. The first-order valence-corrected chi connectivity index (χ1v) is 14.5. The Morgan fingerprint density at radius 1 is 1.11 bits per heavy atom. The fourth-order valence-corrected chi connectivity index (χ4v) is 5.57. The Morgan fingerprint density at radius 2 is 1.76 bits per heavy atom. The van der Waals surface area contributed by atoms with Crippen LogP contribution in [-0.2, 0) is 32.3 Å². The quantitative estimate of drug-likeness (QED) is 0.430. The minimum Gasteiger partial charge on any atom is -0.352 e. The molecule has 0 saturated heterocycles. The molecule has 13 heteroatoms. The lowest BCUT2D eigenvalue weighted by atomic mass is 10.1. The fraction of sp³-hybridized carbons (Fsp3) is 0.440. The number of rotatable bonds is 9. The van der Waals surface area contributed by atoms with Crippen LogP contribution in [0.2, 0.25) is 10.0 Å². The van der Waals surface area contributed by atoms with Crippen molar-refractivity contribution >= 4 is 50.7 Å². The Kier molecular flexibility index (Phi) is 9.59. The molecule has 0 spiro atoms. The van der Waals surface area contributed by atoms with Crippen LogP contribution in [0.1, 0.15) is 43.7 Å². The number of alkyl halides is 3. The summed E-state index contributed by atoms with van der Waals surface area (Å²) in [6.45, 7) is 0.516. The molecule has 2 aromatic carbocycles. The highest BCUT2D eigenvalue weighted by Crippen LogP contribution is 2.32. The van der Waals surface area contributed by atoms with E-state index < -0.39 is 46.2 Å². The van der Waals surface area contributed by atoms with Crippen LogP contribution in [0.3, 0.4) is 0 Å². The van der Waals surface area contributed by atoms with Gasteiger partial charge in [-0.25, -0.2) is 8.42 Å². The first kappa shape index (κ1) is 30.0. The summed E-state index contributed by atoms with van der Waals surface area (Å²) in [6, 6.07) is 7.23. The Hall–Kier alpha value is -2.50. The van der Waals surface area contributed by atoms with Gasteiger partial charge >= 0.3 is 6.18 Å². The first-order valence-electron chi connectivity index (χ1n) is 11.9. The average molecular weight is 594 g/mol. The topological polar surface area (TPSA) is 86.8 Å². The van der Waals surface area contributed by atoms with Crippen molar-refractivity contribution in [1.29, 1.82) is 0 Å². The molecule has 0 radical (unpaired) electrons. The lowest BCUT2D eigenvalue weighted by molar-refractivity contribution is -0.139. The van der Waals surface area contributed by atoms with Crippen molar-refractivity contribution in [3.63, 3.8) is 0 Å². The van der Waals surface area contributed by atoms with Crippen molar-refractivity contribution in [3.8, 4) is 0 Å². The molecular formula is C25H28Cl2F3N3O4S. The van der Waals surface area contributed by atoms with Gasteiger partial charge in [-0.2, -0.15) is 13.2 Å². The lowest BCUT2D eigenvalue weighted by Gasteiger charge is -2.32. The Balaban J connectivity index is 1.94. The van der Waals surface area contributed by atoms with Gasteiger partial charge in [0.2, 0.25) is 21.8 Å². The summed E-state index contributed by atoms with van der Waals surface area (Å²) in [7, 11) is -4.19. The molecule has 3 rings (SSSR count). The second kappa shape index (κ2) is 12.1. The summed E-state index contributed by atoms with van der Waals surface area (Å²) < 4.78 is 65.6. The van der Waals surface area contributed by atoms with Crippen LogP contribution in [0.5, 0.6) is 0 Å². The van der Waals surface area contributed by atoms with Gasteiger partial charge in [-0.05, 0) is 55.7 Å². The van der Waals surface area contributed by atoms with E-state index in [1.165, 1.54) is 19.1 Å². The molecule has 0 aromatic heterocycles. The van der Waals surface area contributed by atoms with E-state index in [-0.39, 0.29) is 23.3 Å². The number of nitrogens with one attached hydrogen (secondary N) is 1. The van der Waals surface area contributed by atoms with Gasteiger partial charge in [0.05, 0.1) is 17.5 Å². The Labute approximate surface area is 229 Å². The largest absolute Gasteiger partial charge is 0.416 e. The zero-order valence-electron chi connectivity index (χ0n) is 20.8. The Morgan fingerprint density at radius 3 is 2.34 bits per heavy atom. The molecule has 2 amide bonds. The molecule has 1 saturated carbocycles. The minimum atomic E-state index is -4.71. The zero-order chi connectivity index (χ0) is 28.3. The summed E-state index contributed by atoms with van der Waals surface area (Å²) in [4.78, 5) is 27.8. The number of anilines is 1. The van der Waals surface area contributed by atoms with E-state index in [0.29, 0.717) is 21.0 Å². The minimum absolute atomic E-state index is 0.0290. The second-order valence-electron chi connectivity index (χ2n) is 9.24. The van der Waals surface area contributed by atoms with E-state index in [1.807, 2.05) is 0 Å². The highest BCUT2D eigenvalue weighted by atomic mass is 35.5. The predicted molar refractivity (Wildman–Crippen MR) is 141 cm³/mol. The van der Waals surface area contributed by atoms with Gasteiger partial charge in [0.25, 0.3) is 0 Å². The molecule has 1 aliphatic rings. The third-order valence-corrected chi connectivity index (χ3v) is 8.09. The lowest BCUT2D eigenvalue weighted by Crippen LogP contribution is -2.52. The first-order chi connectivity index (χ1) is 17.7. The summed E-state index contributed by atoms with van der Waals surface area (Å²) in [5.41, 5.74) is -0.941. The van der Waals surface area contributed by atoms with E-state index in [4.69, 9.17) is 23.2 Å². The molecular weight excluding hydrogens is 566 g/mol. The van der Waals surface area contributed by atoms with E-state index in [1.54, 1.807) is 12.1 Å². The number of carbonyl (C=O) groups is 2. The van der Waals surface area contributed by atoms with Crippen LogP contribution < -0.4 is 9.62 Å². The van der Waals surface area contributed by atoms with Crippen LogP contribution in [0.25, 0.3) is 0 Å². The number of halogens is 5. The van der Waals surface area contributed by atoms with E-state index in [2.05, 4.69) is 5.32 Å². The number of hydrogen-bond acceptors (Lipinski definition) is 4. The molecule has 2 aromatic rings. The fourth-order valence-electron chi connectivity index (χ4n) is 4.26. The number of hydrogen-bond donors (Lipinski definition) is 1. The molecule has 38 heavy (non-hydrogen) atoms. The molecule has 1 aliphatic carbocycles. The predicted octanol–water partition coefficient (Wildman–Crippen LogP) is 5.25. The normalized spacial score (nSPS) is 15.2. The monoisotopic (exact) mass is 593 g/mol. The molecule has 1 N–H and O–H groups in total. The van der Waals surface area contributed by atoms with Gasteiger partial charge in [-0.1, -0.05) is 48.2 Å². The average Bonchev–Trinajstić information content (AvgIpc) is 3.33. The van der Waals surface area contributed by atoms with E-state index in [0.717, 1.165) is 49.0 Å². The third-order valence-electron chi connectivity index (χ3n) is 6.37. The van der Waals surface area contributed by atoms with Gasteiger partial charge in [0.1, 0.15) is 12.6 Å². The number of nitrogens with zero attached hydrogens (tertiary/aromatic N) is 2. The van der Waals surface area contributed by atoms with Crippen LogP contribution in [-0.4, -0.2) is 50.0 Å². The maximum absolute atomic E-state index is 13.6. The van der Waals surface area contributed by atoms with Crippen molar-refractivity contribution in [2.75, 3.05) is 17.1 Å². The Bertz CT molecular complexity index is 1280. The number of sulfonamides is 1. The zero-order valence-corrected chi connectivity index (χ0v) is 23.1. The van der Waals surface area contributed by atoms with Crippen molar-refractivity contribution in [2.24, 2.45) is 0 Å². The maximum Gasteiger partial charge on any atom is 0.416 e. The molecule has 208 valence electrons. The van der Waals surface area contributed by atoms with Gasteiger partial charge < -0.3 is 10.2 Å². The summed E-state index contributed by atoms with van der Waals surface area (Å²) in [5.74, 6) is -1.23. The van der Waals surface area contributed by atoms with E-state index >= 15 is 0 Å². The molecule has 0 aliphatic heterocycles. The molecule has 7 nitrogen and oxygen atoms in total. The SMILES string of the molecule is C[C@@H](C(=O)NC1CCCC1)N(Cc1ccc(Cl)cc1Cl)C(=O)CN(c1cccc(C(F)(F)F)c1)S(C)(=O)=O. The van der Waals surface area contributed by atoms with Crippen molar-refractivity contribution in [3.05, 3.63) is 63.6 Å². The third kappa shape index (κ3) is 7.77. The maximum atomic E-state index is 13.6. The van der Waals surface area contributed by atoms with Crippen LogP contribution >= 0.6 is 23.2 Å². The molecule has 0 bridgehead atoms. The highest BCUT2D eigenvalue weighted by Gasteiger charge is 2.34. The highest BCUT2D eigenvalue weighted by molar-refractivity contribution is 7.92. The van der Waals surface area contributed by atoms with Crippen molar-refractivity contribution < 1.29 is 31.2 Å². The molecule has 0 heterocycles. The number of benzene rings is 2. The molecule has 1 atom stereocenters. The van der Waals surface area contributed by atoms with Crippen LogP contribution in [0.15, 0.2) is 42.5 Å². The van der Waals surface area contributed by atoms with E-state index in [9.17, 15) is 31.2 Å². The summed E-state index contributed by atoms with van der Waals surface area (Å²) in [5, 5.41) is 3.51. The van der Waals surface area contributed by atoms with Crippen molar-refractivity contribution in [2.45, 2.75) is 57.4 Å². The summed E-state index contributed by atoms with van der Waals surface area (Å²) >= 11 is 12.3. The molecule has 1 fully saturated rings. The smallest absolute Gasteiger partial charge is 0.352 e. The summed E-state index contributed by atoms with van der Waals surface area (Å²) in [6.07, 6.45) is -0.352. The standard InChI is InChI=1S/C25H28Cl2F3N3O4S/c1-16(24(35)31-20-7-3-4-8-20)32(14-17-10-11-19(26)13-22(17)27)23(34)15-33(38(2,36)37)21-9-5-6-18(12-21)25(28,29)30/h5-6,9-13,16,20H,3-4,7-8,14-15H2,1-2H3,(H,31,35)/t16-/m0/s1. The van der Waals surface area contributed by atoms with Crippen molar-refractivity contribution in [1.82, 2.24) is 10.2 Å². The number of amides is 2. The van der Waals surface area contributed by atoms with Crippen LogP contribution in [0, 0.1) is 0 Å².